The maximum atomic E-state index is 11.3. The molecule has 2 atom stereocenters. The molecule has 1 aliphatic carbocycles. The summed E-state index contributed by atoms with van der Waals surface area (Å²) in [5.41, 5.74) is 0. The number of ether oxygens (including phenoxy) is 1. The van der Waals surface area contributed by atoms with Crippen molar-refractivity contribution in [2.24, 2.45) is 0 Å². The van der Waals surface area contributed by atoms with Crippen LogP contribution >= 0.6 is 0 Å². The third kappa shape index (κ3) is 2.69. The zero-order chi connectivity index (χ0) is 10.7. The van der Waals surface area contributed by atoms with Crippen molar-refractivity contribution in [3.63, 3.8) is 0 Å². The Labute approximate surface area is 91.0 Å². The van der Waals surface area contributed by atoms with Gasteiger partial charge in [-0.1, -0.05) is 0 Å². The van der Waals surface area contributed by atoms with Crippen LogP contribution in [-0.2, 0) is 9.53 Å². The molecule has 0 amide bonds. The molecule has 1 saturated carbocycles. The molecule has 4 nitrogen and oxygen atoms in total. The first-order chi connectivity index (χ1) is 7.29. The van der Waals surface area contributed by atoms with Gasteiger partial charge in [0.15, 0.2) is 0 Å². The molecule has 15 heavy (non-hydrogen) atoms. The van der Waals surface area contributed by atoms with Gasteiger partial charge in [-0.25, -0.2) is 0 Å². The van der Waals surface area contributed by atoms with E-state index in [-0.39, 0.29) is 5.97 Å². The molecule has 1 aliphatic heterocycles. The van der Waals surface area contributed by atoms with Crippen molar-refractivity contribution < 1.29 is 9.53 Å². The smallest absolute Gasteiger partial charge is 0.320 e. The monoisotopic (exact) mass is 212 g/mol. The second-order valence-electron chi connectivity index (χ2n) is 4.50. The maximum Gasteiger partial charge on any atom is 0.320 e. The number of nitrogens with zero attached hydrogens (tertiary/aromatic N) is 1. The summed E-state index contributed by atoms with van der Waals surface area (Å²) in [6.07, 6.45) is 4.59. The van der Waals surface area contributed by atoms with Crippen LogP contribution in [0.4, 0.5) is 0 Å². The fourth-order valence-electron chi connectivity index (χ4n) is 2.61. The fraction of sp³-hybridized carbons (Fsp3) is 0.909. The molecule has 2 unspecified atom stereocenters. The van der Waals surface area contributed by atoms with Crippen LogP contribution in [0.3, 0.4) is 0 Å². The summed E-state index contributed by atoms with van der Waals surface area (Å²) in [7, 11) is 2.02. The molecule has 1 N–H and O–H groups in total. The number of carbonyl (C=O) groups excluding carboxylic acids is 1. The van der Waals surface area contributed by atoms with Crippen LogP contribution in [0, 0.1) is 0 Å². The molecule has 0 aromatic heterocycles. The summed E-state index contributed by atoms with van der Waals surface area (Å²) in [5, 5.41) is 3.32. The average molecular weight is 212 g/mol. The molecule has 0 aromatic rings. The lowest BCUT2D eigenvalue weighted by Crippen LogP contribution is -2.38. The average Bonchev–Trinajstić information content (AvgIpc) is 2.61. The molecule has 2 rings (SSSR count). The van der Waals surface area contributed by atoms with Crippen molar-refractivity contribution in [3.8, 4) is 0 Å². The minimum atomic E-state index is -0.0552. The topological polar surface area (TPSA) is 41.6 Å². The Kier molecular flexibility index (Phi) is 3.59. The van der Waals surface area contributed by atoms with Crippen molar-refractivity contribution in [2.45, 2.75) is 37.8 Å². The fourth-order valence-corrected chi connectivity index (χ4v) is 2.61. The van der Waals surface area contributed by atoms with Gasteiger partial charge in [-0.3, -0.25) is 9.69 Å². The molecule has 4 heteroatoms. The third-order valence-electron chi connectivity index (χ3n) is 3.51. The van der Waals surface area contributed by atoms with Crippen LogP contribution in [0.5, 0.6) is 0 Å². The first-order valence-corrected chi connectivity index (χ1v) is 5.86. The van der Waals surface area contributed by atoms with E-state index >= 15 is 0 Å². The lowest BCUT2D eigenvalue weighted by Gasteiger charge is -2.25. The maximum absolute atomic E-state index is 11.3. The second-order valence-corrected chi connectivity index (χ2v) is 4.50. The molecule has 0 radical (unpaired) electrons. The van der Waals surface area contributed by atoms with Crippen LogP contribution in [0.25, 0.3) is 0 Å². The van der Waals surface area contributed by atoms with Gasteiger partial charge in [0.05, 0.1) is 13.2 Å². The largest absolute Gasteiger partial charge is 0.465 e. The Bertz CT molecular complexity index is 233. The van der Waals surface area contributed by atoms with Crippen LogP contribution in [0.1, 0.15) is 25.7 Å². The molecule has 1 heterocycles. The van der Waals surface area contributed by atoms with Gasteiger partial charge in [0.1, 0.15) is 0 Å². The first-order valence-electron chi connectivity index (χ1n) is 5.86. The van der Waals surface area contributed by atoms with E-state index in [1.54, 1.807) is 0 Å². The molecule has 2 aliphatic rings. The van der Waals surface area contributed by atoms with E-state index in [1.807, 2.05) is 7.05 Å². The van der Waals surface area contributed by atoms with E-state index in [2.05, 4.69) is 10.2 Å². The lowest BCUT2D eigenvalue weighted by molar-refractivity contribution is -0.143. The van der Waals surface area contributed by atoms with Gasteiger partial charge in [0.25, 0.3) is 0 Å². The number of nitrogens with one attached hydrogen (secondary N) is 1. The summed E-state index contributed by atoms with van der Waals surface area (Å²) < 4.78 is 5.05. The molecular weight excluding hydrogens is 192 g/mol. The zero-order valence-corrected chi connectivity index (χ0v) is 9.37. The van der Waals surface area contributed by atoms with E-state index in [1.165, 1.54) is 19.3 Å². The van der Waals surface area contributed by atoms with Gasteiger partial charge in [-0.2, -0.15) is 0 Å². The highest BCUT2D eigenvalue weighted by Gasteiger charge is 2.30. The van der Waals surface area contributed by atoms with Crippen LogP contribution in [0.2, 0.25) is 0 Å². The SMILES string of the molecule is CNC1CCC(N2CCCOC(=O)C2)C1. The van der Waals surface area contributed by atoms with Crippen molar-refractivity contribution >= 4 is 5.97 Å². The number of carbonyl (C=O) groups is 1. The van der Waals surface area contributed by atoms with E-state index in [9.17, 15) is 4.79 Å². The third-order valence-corrected chi connectivity index (χ3v) is 3.51. The van der Waals surface area contributed by atoms with E-state index in [0.29, 0.717) is 25.2 Å². The zero-order valence-electron chi connectivity index (χ0n) is 9.37. The quantitative estimate of drug-likeness (QED) is 0.672. The summed E-state index contributed by atoms with van der Waals surface area (Å²) in [4.78, 5) is 13.6. The predicted octanol–water partition coefficient (Wildman–Crippen LogP) is 0.376. The highest BCUT2D eigenvalue weighted by atomic mass is 16.5. The normalized spacial score (nSPS) is 33.8. The van der Waals surface area contributed by atoms with Crippen LogP contribution < -0.4 is 5.32 Å². The highest BCUT2D eigenvalue weighted by Crippen LogP contribution is 2.24. The van der Waals surface area contributed by atoms with Crippen molar-refractivity contribution in [1.82, 2.24) is 10.2 Å². The van der Waals surface area contributed by atoms with Crippen LogP contribution in [-0.4, -0.2) is 49.7 Å². The Balaban J connectivity index is 1.89. The molecular formula is C11H20N2O2. The molecule has 0 aromatic carbocycles. The molecule has 0 bridgehead atoms. The number of cyclic esters (lactones) is 1. The van der Waals surface area contributed by atoms with E-state index < -0.39 is 0 Å². The van der Waals surface area contributed by atoms with Gasteiger partial charge in [0.2, 0.25) is 0 Å². The number of hydrogen-bond acceptors (Lipinski definition) is 4. The van der Waals surface area contributed by atoms with E-state index in [0.717, 1.165) is 13.0 Å². The first kappa shape index (κ1) is 10.9. The minimum Gasteiger partial charge on any atom is -0.465 e. The van der Waals surface area contributed by atoms with Crippen LogP contribution in [0.15, 0.2) is 0 Å². The second kappa shape index (κ2) is 4.94. The van der Waals surface area contributed by atoms with E-state index in [4.69, 9.17) is 4.74 Å². The Morgan fingerprint density at radius 1 is 1.47 bits per heavy atom. The number of hydrogen-bond donors (Lipinski definition) is 1. The van der Waals surface area contributed by atoms with Gasteiger partial charge < -0.3 is 10.1 Å². The lowest BCUT2D eigenvalue weighted by atomic mass is 10.2. The van der Waals surface area contributed by atoms with Gasteiger partial charge in [-0.05, 0) is 32.7 Å². The van der Waals surface area contributed by atoms with Gasteiger partial charge in [0, 0.05) is 18.6 Å². The standard InChI is InChI=1S/C11H20N2O2/c1-12-9-3-4-10(7-9)13-5-2-6-15-11(14)8-13/h9-10,12H,2-8H2,1H3. The van der Waals surface area contributed by atoms with Crippen molar-refractivity contribution in [2.75, 3.05) is 26.7 Å². The summed E-state index contributed by atoms with van der Waals surface area (Å²) in [6.45, 7) is 2.09. The Hall–Kier alpha value is -0.610. The summed E-state index contributed by atoms with van der Waals surface area (Å²) in [5.74, 6) is -0.0552. The highest BCUT2D eigenvalue weighted by molar-refractivity contribution is 5.71. The summed E-state index contributed by atoms with van der Waals surface area (Å²) in [6, 6.07) is 1.21. The molecule has 1 saturated heterocycles. The Morgan fingerprint density at radius 2 is 2.33 bits per heavy atom. The molecule has 2 fully saturated rings. The van der Waals surface area contributed by atoms with Gasteiger partial charge >= 0.3 is 5.97 Å². The van der Waals surface area contributed by atoms with Gasteiger partial charge in [-0.15, -0.1) is 0 Å². The summed E-state index contributed by atoms with van der Waals surface area (Å²) >= 11 is 0. The van der Waals surface area contributed by atoms with Crippen molar-refractivity contribution in [3.05, 3.63) is 0 Å². The Morgan fingerprint density at radius 3 is 3.07 bits per heavy atom. The number of esters is 1. The molecule has 86 valence electrons. The number of rotatable bonds is 2. The predicted molar refractivity (Wildman–Crippen MR) is 57.6 cm³/mol. The van der Waals surface area contributed by atoms with Crippen molar-refractivity contribution in [1.29, 1.82) is 0 Å². The molecule has 0 spiro atoms. The minimum absolute atomic E-state index is 0.0552.